The number of sulfonamides is 1. The Labute approximate surface area is 156 Å². The van der Waals surface area contributed by atoms with Gasteiger partial charge < -0.3 is 10.4 Å². The average Bonchev–Trinajstić information content (AvgIpc) is 2.64. The highest BCUT2D eigenvalue weighted by molar-refractivity contribution is 7.89. The van der Waals surface area contributed by atoms with Gasteiger partial charge in [0.05, 0.1) is 9.82 Å². The number of aryl methyl sites for hydroxylation is 1. The summed E-state index contributed by atoms with van der Waals surface area (Å²) in [5.74, 6) is -0.164. The smallest absolute Gasteiger partial charge is 0.270 e. The largest absolute Gasteiger partial charge is 0.508 e. The number of phenols is 1. The van der Waals surface area contributed by atoms with Crippen molar-refractivity contribution in [2.24, 2.45) is 0 Å². The van der Waals surface area contributed by atoms with E-state index in [2.05, 4.69) is 10.0 Å². The summed E-state index contributed by atoms with van der Waals surface area (Å²) in [4.78, 5) is 21.6. The summed E-state index contributed by atoms with van der Waals surface area (Å²) in [5.41, 5.74) is 0.328. The SMILES string of the molecule is O=C(CCc1ccccc1O)NCCNS(=O)(=O)c1cccc([N+](=O)[O-])c1. The van der Waals surface area contributed by atoms with Crippen LogP contribution in [-0.2, 0) is 21.2 Å². The first-order valence-corrected chi connectivity index (χ1v) is 9.55. The average molecular weight is 393 g/mol. The molecule has 3 N–H and O–H groups in total. The van der Waals surface area contributed by atoms with E-state index >= 15 is 0 Å². The van der Waals surface area contributed by atoms with Gasteiger partial charge in [0.25, 0.3) is 5.69 Å². The van der Waals surface area contributed by atoms with Crippen LogP contribution in [-0.4, -0.2) is 37.4 Å². The topological polar surface area (TPSA) is 139 Å². The minimum absolute atomic E-state index is 0.0622. The summed E-state index contributed by atoms with van der Waals surface area (Å²) in [5, 5.41) is 22.9. The summed E-state index contributed by atoms with van der Waals surface area (Å²) in [6, 6.07) is 11.4. The Morgan fingerprint density at radius 2 is 1.85 bits per heavy atom. The maximum absolute atomic E-state index is 12.1. The molecule has 0 saturated heterocycles. The second kappa shape index (κ2) is 9.10. The highest BCUT2D eigenvalue weighted by Gasteiger charge is 2.17. The molecule has 0 aliphatic carbocycles. The van der Waals surface area contributed by atoms with Crippen molar-refractivity contribution in [2.45, 2.75) is 17.7 Å². The van der Waals surface area contributed by atoms with Gasteiger partial charge in [0.2, 0.25) is 15.9 Å². The number of hydrogen-bond acceptors (Lipinski definition) is 6. The molecule has 0 heterocycles. The Morgan fingerprint density at radius 3 is 2.56 bits per heavy atom. The number of carbonyl (C=O) groups is 1. The standard InChI is InChI=1S/C17H19N3O6S/c21-16-7-2-1-4-13(16)8-9-17(22)18-10-11-19-27(25,26)15-6-3-5-14(12-15)20(23)24/h1-7,12,19,21H,8-11H2,(H,18,22). The minimum atomic E-state index is -3.91. The molecular formula is C17H19N3O6S. The number of nitrogens with zero attached hydrogens (tertiary/aromatic N) is 1. The van der Waals surface area contributed by atoms with Crippen molar-refractivity contribution in [1.29, 1.82) is 0 Å². The second-order valence-electron chi connectivity index (χ2n) is 5.63. The molecule has 2 aromatic carbocycles. The third-order valence-electron chi connectivity index (χ3n) is 3.69. The number of benzene rings is 2. The number of nitro groups is 1. The van der Waals surface area contributed by atoms with E-state index < -0.39 is 14.9 Å². The highest BCUT2D eigenvalue weighted by Crippen LogP contribution is 2.17. The lowest BCUT2D eigenvalue weighted by Crippen LogP contribution is -2.34. The van der Waals surface area contributed by atoms with Crippen LogP contribution < -0.4 is 10.0 Å². The molecule has 1 amide bonds. The molecule has 0 fully saturated rings. The first-order valence-electron chi connectivity index (χ1n) is 8.07. The van der Waals surface area contributed by atoms with Gasteiger partial charge in [-0.05, 0) is 24.1 Å². The zero-order valence-electron chi connectivity index (χ0n) is 14.3. The summed E-state index contributed by atoms with van der Waals surface area (Å²) >= 11 is 0. The van der Waals surface area contributed by atoms with Crippen LogP contribution in [0.4, 0.5) is 5.69 Å². The van der Waals surface area contributed by atoms with Crippen LogP contribution in [0, 0.1) is 10.1 Å². The Balaban J connectivity index is 1.78. The third kappa shape index (κ3) is 6.04. The number of nitro benzene ring substituents is 1. The number of hydrogen-bond donors (Lipinski definition) is 3. The molecule has 0 unspecified atom stereocenters. The van der Waals surface area contributed by atoms with Crippen LogP contribution in [0.2, 0.25) is 0 Å². The van der Waals surface area contributed by atoms with Crippen molar-refractivity contribution in [2.75, 3.05) is 13.1 Å². The number of para-hydroxylation sites is 1. The van der Waals surface area contributed by atoms with Crippen LogP contribution in [0.15, 0.2) is 53.4 Å². The van der Waals surface area contributed by atoms with Crippen molar-refractivity contribution in [1.82, 2.24) is 10.0 Å². The van der Waals surface area contributed by atoms with Gasteiger partial charge in [-0.1, -0.05) is 24.3 Å². The fourth-order valence-corrected chi connectivity index (χ4v) is 3.36. The van der Waals surface area contributed by atoms with E-state index in [0.29, 0.717) is 12.0 Å². The van der Waals surface area contributed by atoms with Gasteiger partial charge in [-0.15, -0.1) is 0 Å². The van der Waals surface area contributed by atoms with Crippen molar-refractivity contribution < 1.29 is 23.2 Å². The van der Waals surface area contributed by atoms with Gasteiger partial charge in [-0.3, -0.25) is 14.9 Å². The number of nitrogens with one attached hydrogen (secondary N) is 2. The van der Waals surface area contributed by atoms with E-state index in [1.165, 1.54) is 24.3 Å². The quantitative estimate of drug-likeness (QED) is 0.334. The maximum Gasteiger partial charge on any atom is 0.270 e. The van der Waals surface area contributed by atoms with Gasteiger partial charge in [0, 0.05) is 31.6 Å². The molecule has 0 bridgehead atoms. The van der Waals surface area contributed by atoms with E-state index in [-0.39, 0.29) is 41.7 Å². The number of aromatic hydroxyl groups is 1. The molecule has 0 atom stereocenters. The second-order valence-corrected chi connectivity index (χ2v) is 7.40. The molecule has 0 aromatic heterocycles. The number of amides is 1. The Bertz CT molecular complexity index is 930. The van der Waals surface area contributed by atoms with Crippen LogP contribution >= 0.6 is 0 Å². The summed E-state index contributed by atoms with van der Waals surface area (Å²) in [7, 11) is -3.91. The van der Waals surface area contributed by atoms with E-state index in [1.807, 2.05) is 0 Å². The monoisotopic (exact) mass is 393 g/mol. The molecule has 9 nitrogen and oxygen atoms in total. The predicted molar refractivity (Wildman–Crippen MR) is 97.7 cm³/mol. The molecular weight excluding hydrogens is 374 g/mol. The molecule has 0 aliphatic heterocycles. The van der Waals surface area contributed by atoms with Crippen LogP contribution in [0.3, 0.4) is 0 Å². The van der Waals surface area contributed by atoms with E-state index in [9.17, 15) is 28.4 Å². The summed E-state index contributed by atoms with van der Waals surface area (Å²) < 4.78 is 26.5. The first-order chi connectivity index (χ1) is 12.8. The Hall–Kier alpha value is -2.98. The molecule has 0 saturated carbocycles. The molecule has 0 radical (unpaired) electrons. The summed E-state index contributed by atoms with van der Waals surface area (Å²) in [6.07, 6.45) is 0.507. The third-order valence-corrected chi connectivity index (χ3v) is 5.15. The Morgan fingerprint density at radius 1 is 1.11 bits per heavy atom. The van der Waals surface area contributed by atoms with E-state index in [4.69, 9.17) is 0 Å². The number of non-ortho nitro benzene ring substituents is 1. The molecule has 0 spiro atoms. The van der Waals surface area contributed by atoms with E-state index in [0.717, 1.165) is 6.07 Å². The molecule has 144 valence electrons. The zero-order chi connectivity index (χ0) is 19.9. The molecule has 2 rings (SSSR count). The van der Waals surface area contributed by atoms with Gasteiger partial charge >= 0.3 is 0 Å². The number of phenolic OH excluding ortho intramolecular Hbond substituents is 1. The molecule has 27 heavy (non-hydrogen) atoms. The summed E-state index contributed by atoms with van der Waals surface area (Å²) in [6.45, 7) is 0.00111. The minimum Gasteiger partial charge on any atom is -0.508 e. The van der Waals surface area contributed by atoms with Crippen LogP contribution in [0.5, 0.6) is 5.75 Å². The normalized spacial score (nSPS) is 11.1. The van der Waals surface area contributed by atoms with Crippen LogP contribution in [0.25, 0.3) is 0 Å². The van der Waals surface area contributed by atoms with Gasteiger partial charge in [-0.25, -0.2) is 13.1 Å². The first kappa shape index (κ1) is 20.3. The van der Waals surface area contributed by atoms with Crippen LogP contribution in [0.1, 0.15) is 12.0 Å². The van der Waals surface area contributed by atoms with Gasteiger partial charge in [0.15, 0.2) is 0 Å². The van der Waals surface area contributed by atoms with Crippen molar-refractivity contribution in [3.8, 4) is 5.75 Å². The van der Waals surface area contributed by atoms with Gasteiger partial charge in [-0.2, -0.15) is 0 Å². The lowest BCUT2D eigenvalue weighted by Gasteiger charge is -2.08. The van der Waals surface area contributed by atoms with E-state index in [1.54, 1.807) is 18.2 Å². The number of carbonyl (C=O) groups excluding carboxylic acids is 1. The molecule has 10 heteroatoms. The molecule has 2 aromatic rings. The van der Waals surface area contributed by atoms with Crippen molar-refractivity contribution in [3.05, 3.63) is 64.2 Å². The lowest BCUT2D eigenvalue weighted by molar-refractivity contribution is -0.385. The Kier molecular flexibility index (Phi) is 6.85. The zero-order valence-corrected chi connectivity index (χ0v) is 15.1. The fourth-order valence-electron chi connectivity index (χ4n) is 2.29. The lowest BCUT2D eigenvalue weighted by atomic mass is 10.1. The van der Waals surface area contributed by atoms with Crippen molar-refractivity contribution in [3.63, 3.8) is 0 Å². The fraction of sp³-hybridized carbons (Fsp3) is 0.235. The maximum atomic E-state index is 12.1. The number of rotatable bonds is 9. The highest BCUT2D eigenvalue weighted by atomic mass is 32.2. The predicted octanol–water partition coefficient (Wildman–Crippen LogP) is 1.33. The molecule has 0 aliphatic rings. The van der Waals surface area contributed by atoms with Crippen molar-refractivity contribution >= 4 is 21.6 Å². The van der Waals surface area contributed by atoms with Gasteiger partial charge in [0.1, 0.15) is 5.75 Å².